The van der Waals surface area contributed by atoms with Gasteiger partial charge in [0.25, 0.3) is 0 Å². The van der Waals surface area contributed by atoms with Gasteiger partial charge in [0, 0.05) is 5.92 Å². The van der Waals surface area contributed by atoms with E-state index in [0.717, 1.165) is 5.56 Å². The van der Waals surface area contributed by atoms with E-state index in [1.165, 1.54) is 13.8 Å². The zero-order valence-electron chi connectivity index (χ0n) is 11.3. The molecular formula is C14H19NO4. The average Bonchev–Trinajstić information content (AvgIpc) is 2.30. The first kappa shape index (κ1) is 15.0. The summed E-state index contributed by atoms with van der Waals surface area (Å²) >= 11 is 0. The smallest absolute Gasteiger partial charge is 0.347 e. The van der Waals surface area contributed by atoms with E-state index in [9.17, 15) is 9.59 Å². The van der Waals surface area contributed by atoms with Gasteiger partial charge in [0.2, 0.25) is 5.91 Å². The monoisotopic (exact) mass is 265 g/mol. The van der Waals surface area contributed by atoms with Crippen LogP contribution in [0.3, 0.4) is 0 Å². The van der Waals surface area contributed by atoms with Crippen LogP contribution in [-0.2, 0) is 16.0 Å². The zero-order valence-corrected chi connectivity index (χ0v) is 11.3. The lowest BCUT2D eigenvalue weighted by molar-refractivity contribution is -0.152. The first-order valence-corrected chi connectivity index (χ1v) is 6.03. The van der Waals surface area contributed by atoms with Crippen molar-refractivity contribution in [1.29, 1.82) is 0 Å². The molecule has 1 aromatic rings. The van der Waals surface area contributed by atoms with Gasteiger partial charge in [0.15, 0.2) is 5.60 Å². The summed E-state index contributed by atoms with van der Waals surface area (Å²) in [7, 11) is 0. The van der Waals surface area contributed by atoms with Gasteiger partial charge >= 0.3 is 5.97 Å². The minimum Gasteiger partial charge on any atom is -0.478 e. The number of carboxylic acid groups (broad SMARTS) is 1. The molecule has 0 aromatic heterocycles. The Balaban J connectivity index is 2.72. The third-order valence-electron chi connectivity index (χ3n) is 2.84. The second-order valence-corrected chi connectivity index (χ2v) is 5.07. The molecule has 0 unspecified atom stereocenters. The van der Waals surface area contributed by atoms with E-state index in [1.807, 2.05) is 0 Å². The van der Waals surface area contributed by atoms with Crippen LogP contribution in [0.5, 0.6) is 5.75 Å². The van der Waals surface area contributed by atoms with Gasteiger partial charge < -0.3 is 15.6 Å². The second kappa shape index (κ2) is 5.73. The van der Waals surface area contributed by atoms with Crippen molar-refractivity contribution < 1.29 is 19.4 Å². The summed E-state index contributed by atoms with van der Waals surface area (Å²) in [6.45, 7) is 4.73. The van der Waals surface area contributed by atoms with Crippen molar-refractivity contribution in [2.45, 2.75) is 32.8 Å². The van der Waals surface area contributed by atoms with Gasteiger partial charge in [-0.1, -0.05) is 19.1 Å². The molecule has 5 heteroatoms. The Morgan fingerprint density at radius 1 is 1.32 bits per heavy atom. The Morgan fingerprint density at radius 2 is 1.84 bits per heavy atom. The number of carbonyl (C=O) groups is 2. The van der Waals surface area contributed by atoms with Crippen LogP contribution in [0.4, 0.5) is 0 Å². The number of aliphatic carboxylic acids is 1. The Hall–Kier alpha value is -2.04. The molecule has 0 saturated heterocycles. The van der Waals surface area contributed by atoms with E-state index in [0.29, 0.717) is 12.2 Å². The van der Waals surface area contributed by atoms with Gasteiger partial charge in [0.05, 0.1) is 0 Å². The number of hydrogen-bond donors (Lipinski definition) is 2. The van der Waals surface area contributed by atoms with Crippen molar-refractivity contribution in [3.63, 3.8) is 0 Å². The molecule has 0 saturated carbocycles. The molecule has 0 spiro atoms. The van der Waals surface area contributed by atoms with Crippen LogP contribution in [-0.4, -0.2) is 22.6 Å². The molecule has 104 valence electrons. The Bertz CT molecular complexity index is 465. The Labute approximate surface area is 112 Å². The number of primary amides is 1. The molecule has 3 N–H and O–H groups in total. The molecule has 5 nitrogen and oxygen atoms in total. The van der Waals surface area contributed by atoms with Crippen molar-refractivity contribution in [3.8, 4) is 5.75 Å². The van der Waals surface area contributed by atoms with E-state index in [1.54, 1.807) is 31.2 Å². The fourth-order valence-corrected chi connectivity index (χ4v) is 1.49. The number of hydrogen-bond acceptors (Lipinski definition) is 3. The van der Waals surface area contributed by atoms with E-state index >= 15 is 0 Å². The lowest BCUT2D eigenvalue weighted by Gasteiger charge is -2.21. The molecule has 0 heterocycles. The molecule has 0 aliphatic carbocycles. The van der Waals surface area contributed by atoms with Gasteiger partial charge in [-0.15, -0.1) is 0 Å². The summed E-state index contributed by atoms with van der Waals surface area (Å²) in [6.07, 6.45) is 0.554. The summed E-state index contributed by atoms with van der Waals surface area (Å²) in [5, 5.41) is 8.96. The number of rotatable bonds is 6. The highest BCUT2D eigenvalue weighted by Gasteiger charge is 2.29. The fraction of sp³-hybridized carbons (Fsp3) is 0.429. The van der Waals surface area contributed by atoms with Gasteiger partial charge in [0.1, 0.15) is 5.75 Å². The molecule has 0 bridgehead atoms. The minimum absolute atomic E-state index is 0.234. The lowest BCUT2D eigenvalue weighted by Crippen LogP contribution is -2.37. The predicted octanol–water partition coefficient (Wildman–Crippen LogP) is 1.59. The third-order valence-corrected chi connectivity index (χ3v) is 2.84. The van der Waals surface area contributed by atoms with Crippen LogP contribution < -0.4 is 10.5 Å². The normalized spacial score (nSPS) is 12.8. The topological polar surface area (TPSA) is 89.6 Å². The van der Waals surface area contributed by atoms with Gasteiger partial charge in [-0.3, -0.25) is 4.79 Å². The van der Waals surface area contributed by atoms with Crippen LogP contribution in [0.1, 0.15) is 26.3 Å². The number of benzene rings is 1. The molecular weight excluding hydrogens is 246 g/mol. The van der Waals surface area contributed by atoms with Gasteiger partial charge in [-0.05, 0) is 38.0 Å². The van der Waals surface area contributed by atoms with Crippen LogP contribution in [0, 0.1) is 5.92 Å². The number of carbonyl (C=O) groups excluding carboxylic acids is 1. The fourth-order valence-electron chi connectivity index (χ4n) is 1.49. The van der Waals surface area contributed by atoms with Crippen molar-refractivity contribution in [3.05, 3.63) is 29.8 Å². The highest BCUT2D eigenvalue weighted by atomic mass is 16.5. The summed E-state index contributed by atoms with van der Waals surface area (Å²) < 4.78 is 5.38. The molecule has 1 atom stereocenters. The lowest BCUT2D eigenvalue weighted by atomic mass is 10.0. The predicted molar refractivity (Wildman–Crippen MR) is 70.8 cm³/mol. The van der Waals surface area contributed by atoms with Crippen molar-refractivity contribution in [2.24, 2.45) is 11.7 Å². The Morgan fingerprint density at radius 3 is 2.26 bits per heavy atom. The van der Waals surface area contributed by atoms with Crippen LogP contribution >= 0.6 is 0 Å². The summed E-state index contributed by atoms with van der Waals surface area (Å²) in [5.41, 5.74) is 4.88. The largest absolute Gasteiger partial charge is 0.478 e. The molecule has 0 aliphatic heterocycles. The SMILES string of the molecule is C[C@@H](Cc1ccc(OC(C)(C)C(=O)O)cc1)C(N)=O. The number of amides is 1. The van der Waals surface area contributed by atoms with Crippen molar-refractivity contribution in [2.75, 3.05) is 0 Å². The maximum absolute atomic E-state index is 11.0. The van der Waals surface area contributed by atoms with E-state index in [4.69, 9.17) is 15.6 Å². The summed E-state index contributed by atoms with van der Waals surface area (Å²) in [4.78, 5) is 21.9. The van der Waals surface area contributed by atoms with Crippen LogP contribution in [0.2, 0.25) is 0 Å². The van der Waals surface area contributed by atoms with Crippen molar-refractivity contribution >= 4 is 11.9 Å². The average molecular weight is 265 g/mol. The first-order chi connectivity index (χ1) is 8.72. The number of ether oxygens (including phenoxy) is 1. The summed E-state index contributed by atoms with van der Waals surface area (Å²) in [6, 6.07) is 6.97. The van der Waals surface area contributed by atoms with Crippen molar-refractivity contribution in [1.82, 2.24) is 0 Å². The molecule has 1 aromatic carbocycles. The molecule has 1 amide bonds. The molecule has 0 fully saturated rings. The van der Waals surface area contributed by atoms with Crippen LogP contribution in [0.25, 0.3) is 0 Å². The quantitative estimate of drug-likeness (QED) is 0.817. The minimum atomic E-state index is -1.28. The van der Waals surface area contributed by atoms with Gasteiger partial charge in [-0.2, -0.15) is 0 Å². The maximum atomic E-state index is 11.0. The second-order valence-electron chi connectivity index (χ2n) is 5.07. The molecule has 1 rings (SSSR count). The van der Waals surface area contributed by atoms with Gasteiger partial charge in [-0.25, -0.2) is 4.79 Å². The third kappa shape index (κ3) is 4.28. The van der Waals surface area contributed by atoms with E-state index in [2.05, 4.69) is 0 Å². The molecule has 19 heavy (non-hydrogen) atoms. The standard InChI is InChI=1S/C14H19NO4/c1-9(12(15)16)8-10-4-6-11(7-5-10)19-14(2,3)13(17)18/h4-7,9H,8H2,1-3H3,(H2,15,16)(H,17,18)/t9-/m0/s1. The highest BCUT2D eigenvalue weighted by molar-refractivity contribution is 5.77. The molecule has 0 aliphatic rings. The van der Waals surface area contributed by atoms with E-state index < -0.39 is 11.6 Å². The Kier molecular flexibility index (Phi) is 4.53. The molecule has 0 radical (unpaired) electrons. The summed E-state index contributed by atoms with van der Waals surface area (Å²) in [5.74, 6) is -1.13. The number of nitrogens with two attached hydrogens (primary N) is 1. The highest BCUT2D eigenvalue weighted by Crippen LogP contribution is 2.20. The van der Waals surface area contributed by atoms with E-state index in [-0.39, 0.29) is 11.8 Å². The maximum Gasteiger partial charge on any atom is 0.347 e. The first-order valence-electron chi connectivity index (χ1n) is 6.03. The zero-order chi connectivity index (χ0) is 14.6. The van der Waals surface area contributed by atoms with Crippen LogP contribution in [0.15, 0.2) is 24.3 Å². The number of carboxylic acids is 1.